The predicted octanol–water partition coefficient (Wildman–Crippen LogP) is 2.60. The van der Waals surface area contributed by atoms with Crippen LogP contribution in [0.4, 0.5) is 9.39 Å². The average Bonchev–Trinajstić information content (AvgIpc) is 3.18. The van der Waals surface area contributed by atoms with Gasteiger partial charge < -0.3 is 11.1 Å². The van der Waals surface area contributed by atoms with Crippen molar-refractivity contribution < 1.29 is 12.8 Å². The zero-order valence-corrected chi connectivity index (χ0v) is 17.7. The number of amidine groups is 1. The zero-order chi connectivity index (χ0) is 20.9. The highest BCUT2D eigenvalue weighted by Crippen LogP contribution is 2.33. The summed E-state index contributed by atoms with van der Waals surface area (Å²) in [5.41, 5.74) is 6.62. The Morgan fingerprint density at radius 1 is 1.43 bits per heavy atom. The lowest BCUT2D eigenvalue weighted by atomic mass is 10.2. The van der Waals surface area contributed by atoms with Gasteiger partial charge in [0.25, 0.3) is 0 Å². The highest BCUT2D eigenvalue weighted by atomic mass is 32.2. The second-order valence-corrected chi connectivity index (χ2v) is 8.90. The topological polar surface area (TPSA) is 114 Å². The minimum absolute atomic E-state index is 0.0326. The summed E-state index contributed by atoms with van der Waals surface area (Å²) in [6.07, 6.45) is 1.98. The SMILES string of the molecule is C=CSC.CN=C1N/C(=C(/N)S(=O)(=O)c2cccc(F)c2)N(N)c2sccc21. The largest absolute Gasteiger partial charge is 0.386 e. The third-order valence-electron chi connectivity index (χ3n) is 3.62. The number of hydrogen-bond donors (Lipinski definition) is 3. The number of thiophene rings is 1. The molecule has 0 spiro atoms. The van der Waals surface area contributed by atoms with Gasteiger partial charge in [-0.2, -0.15) is 0 Å². The van der Waals surface area contributed by atoms with E-state index in [1.807, 2.05) is 12.3 Å². The Morgan fingerprint density at radius 2 is 2.11 bits per heavy atom. The molecule has 0 unspecified atom stereocenters. The first-order valence-corrected chi connectivity index (χ1v) is 11.4. The maximum absolute atomic E-state index is 13.4. The monoisotopic (exact) mass is 441 g/mol. The first-order valence-electron chi connectivity index (χ1n) is 7.78. The zero-order valence-electron chi connectivity index (χ0n) is 15.2. The molecular weight excluding hydrogens is 421 g/mol. The number of thioether (sulfide) groups is 1. The van der Waals surface area contributed by atoms with Gasteiger partial charge in [-0.25, -0.2) is 18.7 Å². The van der Waals surface area contributed by atoms with Crippen molar-refractivity contribution in [2.45, 2.75) is 4.90 Å². The van der Waals surface area contributed by atoms with Gasteiger partial charge in [0.1, 0.15) is 16.7 Å². The van der Waals surface area contributed by atoms with Gasteiger partial charge in [-0.3, -0.25) is 10.0 Å². The lowest BCUT2D eigenvalue weighted by Gasteiger charge is -2.29. The molecule has 11 heteroatoms. The Balaban J connectivity index is 0.000000640. The number of aliphatic imine (C=N–C) groups is 1. The van der Waals surface area contributed by atoms with Crippen molar-refractivity contribution in [3.63, 3.8) is 0 Å². The summed E-state index contributed by atoms with van der Waals surface area (Å²) in [7, 11) is -2.57. The van der Waals surface area contributed by atoms with Crippen LogP contribution < -0.4 is 21.9 Å². The lowest BCUT2D eigenvalue weighted by Crippen LogP contribution is -2.47. The molecule has 7 nitrogen and oxygen atoms in total. The molecule has 0 fully saturated rings. The molecular formula is C17H20FN5O2S3. The lowest BCUT2D eigenvalue weighted by molar-refractivity contribution is 0.594. The Bertz CT molecular complexity index is 1030. The van der Waals surface area contributed by atoms with Crippen LogP contribution >= 0.6 is 23.1 Å². The molecule has 2 heterocycles. The number of nitrogens with zero attached hydrogens (tertiary/aromatic N) is 2. The molecule has 0 saturated carbocycles. The first kappa shape index (κ1) is 22.0. The third kappa shape index (κ3) is 4.38. The maximum atomic E-state index is 13.4. The van der Waals surface area contributed by atoms with Crippen LogP contribution in [0.2, 0.25) is 0 Å². The second kappa shape index (κ2) is 9.24. The number of anilines is 1. The van der Waals surface area contributed by atoms with Crippen molar-refractivity contribution in [1.29, 1.82) is 0 Å². The van der Waals surface area contributed by atoms with Crippen molar-refractivity contribution in [2.24, 2.45) is 16.6 Å². The van der Waals surface area contributed by atoms with E-state index < -0.39 is 20.7 Å². The minimum atomic E-state index is -4.13. The van der Waals surface area contributed by atoms with E-state index in [1.165, 1.54) is 23.5 Å². The molecule has 1 aromatic heterocycles. The summed E-state index contributed by atoms with van der Waals surface area (Å²) in [5, 5.41) is 7.65. The number of nitrogens with two attached hydrogens (primary N) is 2. The molecule has 2 aromatic rings. The fourth-order valence-corrected chi connectivity index (χ4v) is 4.27. The number of benzene rings is 1. The van der Waals surface area contributed by atoms with Crippen LogP contribution in [0.5, 0.6) is 0 Å². The van der Waals surface area contributed by atoms with E-state index in [0.717, 1.165) is 22.7 Å². The molecule has 0 radical (unpaired) electrons. The van der Waals surface area contributed by atoms with Crippen molar-refractivity contribution in [1.82, 2.24) is 5.32 Å². The molecule has 3 rings (SSSR count). The summed E-state index contributed by atoms with van der Waals surface area (Å²) >= 11 is 2.94. The molecule has 0 saturated heterocycles. The maximum Gasteiger partial charge on any atom is 0.225 e. The Hall–Kier alpha value is -2.34. The van der Waals surface area contributed by atoms with Gasteiger partial charge in [0.15, 0.2) is 10.9 Å². The fourth-order valence-electron chi connectivity index (χ4n) is 2.25. The highest BCUT2D eigenvalue weighted by molar-refractivity contribution is 8.01. The molecule has 5 N–H and O–H groups in total. The standard InChI is InChI=1S/C14H14FN5O2S2.C3H6S/c1-18-12-10-5-6-23-14(10)20(17)13(19-12)11(16)24(21,22)9-4-2-3-8(15)7-9;1-3-4-2/h2-7H,16-17H2,1H3,(H,18,19);3H,1H2,2H3/b13-11+;. The quantitative estimate of drug-likeness (QED) is 0.627. The number of rotatable bonds is 3. The van der Waals surface area contributed by atoms with E-state index in [0.29, 0.717) is 10.8 Å². The number of hydrazine groups is 1. The number of nitrogens with one attached hydrogen (secondary N) is 1. The molecule has 0 atom stereocenters. The summed E-state index contributed by atoms with van der Waals surface area (Å²) in [6, 6.07) is 6.42. The Kier molecular flexibility index (Phi) is 7.24. The third-order valence-corrected chi connectivity index (χ3v) is 6.51. The molecule has 1 aliphatic heterocycles. The minimum Gasteiger partial charge on any atom is -0.386 e. The molecule has 0 aliphatic carbocycles. The van der Waals surface area contributed by atoms with Crippen LogP contribution in [0.15, 0.2) is 68.4 Å². The Labute approximate surface area is 171 Å². The summed E-state index contributed by atoms with van der Waals surface area (Å²) in [4.78, 5) is 3.83. The van der Waals surface area contributed by atoms with Crippen molar-refractivity contribution in [2.75, 3.05) is 18.3 Å². The van der Waals surface area contributed by atoms with Gasteiger partial charge in [-0.1, -0.05) is 12.6 Å². The van der Waals surface area contributed by atoms with E-state index in [9.17, 15) is 12.8 Å². The summed E-state index contributed by atoms with van der Waals surface area (Å²) in [6.45, 7) is 3.44. The number of hydrogen-bond acceptors (Lipinski definition) is 8. The van der Waals surface area contributed by atoms with Crippen LogP contribution in [0.1, 0.15) is 5.56 Å². The van der Waals surface area contributed by atoms with Crippen LogP contribution in [-0.4, -0.2) is 27.6 Å². The van der Waals surface area contributed by atoms with Gasteiger partial charge in [0.05, 0.1) is 10.5 Å². The first-order chi connectivity index (χ1) is 13.3. The summed E-state index contributed by atoms with van der Waals surface area (Å²) < 4.78 is 38.7. The molecule has 0 bridgehead atoms. The number of halogens is 1. The van der Waals surface area contributed by atoms with E-state index in [1.54, 1.807) is 29.6 Å². The number of sulfone groups is 1. The van der Waals surface area contributed by atoms with Crippen LogP contribution in [0.3, 0.4) is 0 Å². The van der Waals surface area contributed by atoms with Crippen molar-refractivity contribution >= 4 is 43.8 Å². The van der Waals surface area contributed by atoms with Crippen LogP contribution in [0, 0.1) is 5.82 Å². The average molecular weight is 442 g/mol. The highest BCUT2D eigenvalue weighted by Gasteiger charge is 2.31. The van der Waals surface area contributed by atoms with E-state index in [-0.39, 0.29) is 10.7 Å². The van der Waals surface area contributed by atoms with Gasteiger partial charge in [-0.05, 0) is 41.3 Å². The van der Waals surface area contributed by atoms with Gasteiger partial charge in [-0.15, -0.1) is 23.1 Å². The van der Waals surface area contributed by atoms with Crippen molar-refractivity contribution in [3.05, 3.63) is 69.9 Å². The molecule has 1 aliphatic rings. The van der Waals surface area contributed by atoms with E-state index in [4.69, 9.17) is 11.6 Å². The van der Waals surface area contributed by atoms with Gasteiger partial charge >= 0.3 is 0 Å². The fraction of sp³-hybridized carbons (Fsp3) is 0.118. The number of fused-ring (bicyclic) bond motifs is 1. The molecule has 0 amide bonds. The predicted molar refractivity (Wildman–Crippen MR) is 115 cm³/mol. The van der Waals surface area contributed by atoms with Gasteiger partial charge in [0, 0.05) is 7.05 Å². The summed E-state index contributed by atoms with van der Waals surface area (Å²) in [5.74, 6) is 5.74. The van der Waals surface area contributed by atoms with Crippen molar-refractivity contribution in [3.8, 4) is 0 Å². The van der Waals surface area contributed by atoms with E-state index >= 15 is 0 Å². The van der Waals surface area contributed by atoms with Crippen LogP contribution in [-0.2, 0) is 9.84 Å². The second-order valence-electron chi connectivity index (χ2n) is 5.28. The normalized spacial score (nSPS) is 16.6. The molecule has 28 heavy (non-hydrogen) atoms. The van der Waals surface area contributed by atoms with E-state index in [2.05, 4.69) is 16.9 Å². The van der Waals surface area contributed by atoms with Gasteiger partial charge in [0.2, 0.25) is 9.84 Å². The molecule has 1 aromatic carbocycles. The smallest absolute Gasteiger partial charge is 0.225 e. The Morgan fingerprint density at radius 3 is 2.68 bits per heavy atom. The molecule has 150 valence electrons. The van der Waals surface area contributed by atoms with Crippen LogP contribution in [0.25, 0.3) is 0 Å².